The molecule has 0 amide bonds. The molecule has 0 fully saturated rings. The van der Waals surface area contributed by atoms with Gasteiger partial charge in [-0.3, -0.25) is 5.43 Å². The molecule has 0 bridgehead atoms. The van der Waals surface area contributed by atoms with E-state index in [-0.39, 0.29) is 0 Å². The van der Waals surface area contributed by atoms with Gasteiger partial charge in [0.05, 0.1) is 5.03 Å². The van der Waals surface area contributed by atoms with Gasteiger partial charge in [0.25, 0.3) is 0 Å². The van der Waals surface area contributed by atoms with Crippen LogP contribution in [-0.4, -0.2) is 28.3 Å². The molecule has 0 aromatic carbocycles. The number of nitrogens with zero attached hydrogens (tertiary/aromatic N) is 2. The van der Waals surface area contributed by atoms with E-state index in [0.29, 0.717) is 0 Å². The second-order valence-electron chi connectivity index (χ2n) is 1.92. The van der Waals surface area contributed by atoms with E-state index in [9.17, 15) is 0 Å². The second kappa shape index (κ2) is 4.94. The van der Waals surface area contributed by atoms with Crippen LogP contribution in [0.2, 0.25) is 0 Å². The molecule has 1 rings (SSSR count). The summed E-state index contributed by atoms with van der Waals surface area (Å²) >= 11 is 4.89. The van der Waals surface area contributed by atoms with Crippen molar-refractivity contribution in [1.82, 2.24) is 9.95 Å². The van der Waals surface area contributed by atoms with Crippen LogP contribution >= 0.6 is 35.5 Å². The van der Waals surface area contributed by atoms with Crippen molar-refractivity contribution in [2.45, 2.75) is 0 Å². The van der Waals surface area contributed by atoms with Crippen molar-refractivity contribution < 1.29 is 0 Å². The predicted molar refractivity (Wildman–Crippen MR) is 61.0 cm³/mol. The average molecular weight is 221 g/mol. The Kier molecular flexibility index (Phi) is 4.17. The first-order chi connectivity index (χ1) is 5.80. The molecule has 0 saturated heterocycles. The Morgan fingerprint density at radius 1 is 1.33 bits per heavy atom. The van der Waals surface area contributed by atoms with Crippen molar-refractivity contribution in [3.8, 4) is 0 Å². The zero-order valence-electron chi connectivity index (χ0n) is 7.20. The van der Waals surface area contributed by atoms with Gasteiger partial charge < -0.3 is 0 Å². The molecule has 1 N–H and O–H groups in total. The Morgan fingerprint density at radius 3 is 2.58 bits per heavy atom. The summed E-state index contributed by atoms with van der Waals surface area (Å²) in [6.07, 6.45) is 8.09. The minimum atomic E-state index is 1.03. The van der Waals surface area contributed by atoms with Gasteiger partial charge in [0.15, 0.2) is 0 Å². The van der Waals surface area contributed by atoms with Crippen molar-refractivity contribution in [1.29, 1.82) is 0 Å². The standard InChI is InChI=1S/C6H11N3S3/c1-10-5-4-6(11-2)8-9(7-5)12-3/h4,7H,1-3H3. The number of thioether (sulfide) groups is 2. The molecule has 68 valence electrons. The smallest absolute Gasteiger partial charge is 0.122 e. The molecule has 0 radical (unpaired) electrons. The minimum absolute atomic E-state index is 1.03. The third kappa shape index (κ3) is 2.53. The fourth-order valence-corrected chi connectivity index (χ4v) is 2.02. The summed E-state index contributed by atoms with van der Waals surface area (Å²) in [6.45, 7) is 0. The van der Waals surface area contributed by atoms with Gasteiger partial charge in [-0.1, -0.05) is 0 Å². The zero-order chi connectivity index (χ0) is 8.97. The SMILES string of the molecule is CSC1=CC(SC)=NN(SC)N1. The molecule has 0 aromatic heterocycles. The third-order valence-electron chi connectivity index (χ3n) is 1.25. The Labute approximate surface area is 85.5 Å². The maximum absolute atomic E-state index is 4.29. The van der Waals surface area contributed by atoms with E-state index in [0.717, 1.165) is 10.1 Å². The maximum Gasteiger partial charge on any atom is 0.122 e. The molecule has 12 heavy (non-hydrogen) atoms. The van der Waals surface area contributed by atoms with E-state index in [1.54, 1.807) is 40.0 Å². The van der Waals surface area contributed by atoms with Gasteiger partial charge in [-0.2, -0.15) is 0 Å². The lowest BCUT2D eigenvalue weighted by Gasteiger charge is -2.23. The van der Waals surface area contributed by atoms with Gasteiger partial charge in [0.1, 0.15) is 5.04 Å². The highest BCUT2D eigenvalue weighted by molar-refractivity contribution is 8.13. The number of hydrogen-bond acceptors (Lipinski definition) is 6. The van der Waals surface area contributed by atoms with Crippen molar-refractivity contribution in [3.63, 3.8) is 0 Å². The summed E-state index contributed by atoms with van der Waals surface area (Å²) in [5.41, 5.74) is 3.14. The molecule has 0 unspecified atom stereocenters. The highest BCUT2D eigenvalue weighted by atomic mass is 32.2. The highest BCUT2D eigenvalue weighted by Gasteiger charge is 2.09. The molecule has 3 nitrogen and oxygen atoms in total. The van der Waals surface area contributed by atoms with E-state index in [1.165, 1.54) is 0 Å². The van der Waals surface area contributed by atoms with Gasteiger partial charge in [0, 0.05) is 12.3 Å². The van der Waals surface area contributed by atoms with Crippen molar-refractivity contribution >= 4 is 40.5 Å². The Balaban J connectivity index is 2.70. The Morgan fingerprint density at radius 2 is 2.08 bits per heavy atom. The summed E-state index contributed by atoms with van der Waals surface area (Å²) in [5.74, 6) is 0. The molecule has 0 aromatic rings. The first-order valence-corrected chi connectivity index (χ1v) is 6.92. The van der Waals surface area contributed by atoms with Crippen molar-refractivity contribution in [2.75, 3.05) is 18.8 Å². The lowest BCUT2D eigenvalue weighted by molar-refractivity contribution is 0.427. The van der Waals surface area contributed by atoms with Crippen LogP contribution in [0.25, 0.3) is 0 Å². The summed E-state index contributed by atoms with van der Waals surface area (Å²) in [6, 6.07) is 0. The van der Waals surface area contributed by atoms with Gasteiger partial charge in [-0.15, -0.1) is 33.1 Å². The quantitative estimate of drug-likeness (QED) is 0.720. The van der Waals surface area contributed by atoms with Crippen LogP contribution in [0.15, 0.2) is 16.2 Å². The van der Waals surface area contributed by atoms with Gasteiger partial charge in [-0.05, 0) is 24.5 Å². The molecule has 0 atom stereocenters. The number of hydrazine groups is 1. The Bertz CT molecular complexity index is 214. The summed E-state index contributed by atoms with van der Waals surface area (Å²) in [5, 5.41) is 6.46. The first-order valence-electron chi connectivity index (χ1n) is 3.29. The van der Waals surface area contributed by atoms with Crippen LogP contribution in [0.3, 0.4) is 0 Å². The lowest BCUT2D eigenvalue weighted by Crippen LogP contribution is -2.29. The first kappa shape index (κ1) is 10.1. The Hall–Kier alpha value is 0.0600. The van der Waals surface area contributed by atoms with Crippen LogP contribution in [0.1, 0.15) is 0 Å². The second-order valence-corrected chi connectivity index (χ2v) is 4.31. The third-order valence-corrected chi connectivity index (χ3v) is 3.04. The topological polar surface area (TPSA) is 27.6 Å². The molecular weight excluding hydrogens is 210 g/mol. The van der Waals surface area contributed by atoms with Crippen LogP contribution in [0, 0.1) is 0 Å². The van der Waals surface area contributed by atoms with Gasteiger partial charge in [-0.25, -0.2) is 0 Å². The fraction of sp³-hybridized carbons (Fsp3) is 0.500. The van der Waals surface area contributed by atoms with Crippen LogP contribution in [-0.2, 0) is 0 Å². The summed E-state index contributed by atoms with van der Waals surface area (Å²) in [4.78, 5) is 0. The minimum Gasteiger partial charge on any atom is -0.266 e. The monoisotopic (exact) mass is 221 g/mol. The number of hydrazone groups is 1. The summed E-state index contributed by atoms with van der Waals surface area (Å²) < 4.78 is 1.76. The molecule has 1 heterocycles. The number of nitrogens with one attached hydrogen (secondary N) is 1. The van der Waals surface area contributed by atoms with Crippen LogP contribution in [0.5, 0.6) is 0 Å². The molecule has 1 aliphatic heterocycles. The lowest BCUT2D eigenvalue weighted by atomic mass is 10.6. The molecule has 0 saturated carbocycles. The van der Waals surface area contributed by atoms with Gasteiger partial charge >= 0.3 is 0 Å². The highest BCUT2D eigenvalue weighted by Crippen LogP contribution is 2.19. The largest absolute Gasteiger partial charge is 0.266 e. The van der Waals surface area contributed by atoms with E-state index in [1.807, 2.05) is 24.8 Å². The molecule has 1 aliphatic rings. The summed E-state index contributed by atoms with van der Waals surface area (Å²) in [7, 11) is 0. The predicted octanol–water partition coefficient (Wildman–Crippen LogP) is 1.97. The molecule has 0 aliphatic carbocycles. The molecule has 0 spiro atoms. The van der Waals surface area contributed by atoms with E-state index >= 15 is 0 Å². The van der Waals surface area contributed by atoms with E-state index in [4.69, 9.17) is 0 Å². The van der Waals surface area contributed by atoms with Gasteiger partial charge in [0.2, 0.25) is 0 Å². The van der Waals surface area contributed by atoms with Crippen LogP contribution < -0.4 is 5.43 Å². The van der Waals surface area contributed by atoms with Crippen molar-refractivity contribution in [2.24, 2.45) is 5.10 Å². The fourth-order valence-electron chi connectivity index (χ4n) is 0.673. The maximum atomic E-state index is 4.29. The normalized spacial score (nSPS) is 16.8. The molecular formula is C6H11N3S3. The van der Waals surface area contributed by atoms with E-state index in [2.05, 4.69) is 10.5 Å². The number of rotatable bonds is 2. The van der Waals surface area contributed by atoms with Crippen LogP contribution in [0.4, 0.5) is 0 Å². The van der Waals surface area contributed by atoms with Crippen molar-refractivity contribution in [3.05, 3.63) is 11.1 Å². The zero-order valence-corrected chi connectivity index (χ0v) is 9.65. The average Bonchev–Trinajstić information content (AvgIpc) is 2.16. The molecule has 6 heteroatoms. The van der Waals surface area contributed by atoms with E-state index < -0.39 is 0 Å². The number of hydrogen-bond donors (Lipinski definition) is 1.